The molecule has 0 unspecified atom stereocenters. The van der Waals surface area contributed by atoms with Crippen LogP contribution in [0.3, 0.4) is 0 Å². The fraction of sp³-hybridized carbons (Fsp3) is 0.938. The Morgan fingerprint density at radius 2 is 1.50 bits per heavy atom. The summed E-state index contributed by atoms with van der Waals surface area (Å²) >= 11 is 0. The Hall–Kier alpha value is -0.193. The Balaban J connectivity index is 3.18. The summed E-state index contributed by atoms with van der Waals surface area (Å²) in [5.41, 5.74) is 0. The van der Waals surface area contributed by atoms with Crippen molar-refractivity contribution in [2.45, 2.75) is 96.9 Å². The maximum Gasteiger partial charge on any atom is 0.349 e. The molecule has 0 aromatic carbocycles. The van der Waals surface area contributed by atoms with Gasteiger partial charge in [0.1, 0.15) is 5.78 Å². The van der Waals surface area contributed by atoms with Gasteiger partial charge in [-0.05, 0) is 19.8 Å². The molecule has 1 heterocycles. The van der Waals surface area contributed by atoms with E-state index in [4.69, 9.17) is 8.85 Å². The summed E-state index contributed by atoms with van der Waals surface area (Å²) in [7, 11) is -2.45. The summed E-state index contributed by atoms with van der Waals surface area (Å²) < 4.78 is 13.1. The largest absolute Gasteiger partial charge is 0.390 e. The molecule has 1 aliphatic rings. The van der Waals surface area contributed by atoms with E-state index in [1.54, 1.807) is 6.92 Å². The molecular formula is C16H32O3Si. The molecule has 1 fully saturated rings. The molecule has 1 rings (SSSR count). The molecule has 0 spiro atoms. The van der Waals surface area contributed by atoms with Crippen LogP contribution in [0.2, 0.25) is 10.1 Å². The van der Waals surface area contributed by atoms with E-state index >= 15 is 0 Å². The predicted octanol–water partition coefficient (Wildman–Crippen LogP) is 4.59. The van der Waals surface area contributed by atoms with Crippen molar-refractivity contribution in [1.29, 1.82) is 0 Å². The molecule has 4 heteroatoms. The number of hydrogen-bond donors (Lipinski definition) is 0. The van der Waals surface area contributed by atoms with E-state index in [-0.39, 0.29) is 28.1 Å². The smallest absolute Gasteiger partial charge is 0.349 e. The lowest BCUT2D eigenvalue weighted by atomic mass is 10.1. The van der Waals surface area contributed by atoms with Crippen molar-refractivity contribution in [2.75, 3.05) is 0 Å². The van der Waals surface area contributed by atoms with Crippen molar-refractivity contribution < 1.29 is 13.6 Å². The maximum absolute atomic E-state index is 11.5. The van der Waals surface area contributed by atoms with Crippen molar-refractivity contribution in [3.8, 4) is 0 Å². The highest BCUT2D eigenvalue weighted by atomic mass is 28.4. The van der Waals surface area contributed by atoms with Gasteiger partial charge in [-0.15, -0.1) is 0 Å². The van der Waals surface area contributed by atoms with Gasteiger partial charge in [0.2, 0.25) is 0 Å². The molecular weight excluding hydrogens is 268 g/mol. The summed E-state index contributed by atoms with van der Waals surface area (Å²) in [5.74, 6) is 0.206. The lowest BCUT2D eigenvalue weighted by molar-refractivity contribution is -0.120. The average molecular weight is 301 g/mol. The summed E-state index contributed by atoms with van der Waals surface area (Å²) in [5, 5.41) is -0.0394. The maximum atomic E-state index is 11.5. The average Bonchev–Trinajstić information content (AvgIpc) is 2.24. The first-order valence-electron chi connectivity index (χ1n) is 7.78. The SMILES string of the molecule is CC[C@@H]1C[C@H](CC(C)=O)O[Si](C(C)(C)C)(C(C)(C)C)O1. The van der Waals surface area contributed by atoms with Crippen LogP contribution in [0.5, 0.6) is 0 Å². The van der Waals surface area contributed by atoms with Gasteiger partial charge in [0, 0.05) is 22.6 Å². The molecule has 0 aromatic heterocycles. The van der Waals surface area contributed by atoms with Crippen LogP contribution in [0, 0.1) is 0 Å². The van der Waals surface area contributed by atoms with Gasteiger partial charge in [-0.3, -0.25) is 4.79 Å². The van der Waals surface area contributed by atoms with E-state index in [0.717, 1.165) is 12.8 Å². The summed E-state index contributed by atoms with van der Waals surface area (Å²) in [6.07, 6.45) is 2.59. The third-order valence-electron chi connectivity index (χ3n) is 4.14. The van der Waals surface area contributed by atoms with Crippen LogP contribution in [0.25, 0.3) is 0 Å². The van der Waals surface area contributed by atoms with Crippen LogP contribution in [0.4, 0.5) is 0 Å². The lowest BCUT2D eigenvalue weighted by Gasteiger charge is -2.55. The molecule has 0 aliphatic carbocycles. The Morgan fingerprint density at radius 3 is 1.85 bits per heavy atom. The van der Waals surface area contributed by atoms with E-state index in [9.17, 15) is 4.79 Å². The predicted molar refractivity (Wildman–Crippen MR) is 85.1 cm³/mol. The Kier molecular flexibility index (Phi) is 5.26. The molecule has 0 radical (unpaired) electrons. The minimum atomic E-state index is -2.45. The van der Waals surface area contributed by atoms with Crippen molar-refractivity contribution in [2.24, 2.45) is 0 Å². The first-order chi connectivity index (χ1) is 8.93. The van der Waals surface area contributed by atoms with E-state index in [1.807, 2.05) is 0 Å². The van der Waals surface area contributed by atoms with Crippen LogP contribution in [0.1, 0.15) is 74.7 Å². The molecule has 0 bridgehead atoms. The Morgan fingerprint density at radius 1 is 1.05 bits per heavy atom. The van der Waals surface area contributed by atoms with E-state index in [0.29, 0.717) is 6.42 Å². The van der Waals surface area contributed by atoms with Crippen molar-refractivity contribution in [3.05, 3.63) is 0 Å². The van der Waals surface area contributed by atoms with Gasteiger partial charge in [0.15, 0.2) is 0 Å². The second-order valence-electron chi connectivity index (χ2n) is 8.15. The van der Waals surface area contributed by atoms with Crippen molar-refractivity contribution in [1.82, 2.24) is 0 Å². The molecule has 3 nitrogen and oxygen atoms in total. The fourth-order valence-corrected chi connectivity index (χ4v) is 8.52. The zero-order chi connectivity index (χ0) is 15.8. The van der Waals surface area contributed by atoms with Crippen LogP contribution < -0.4 is 0 Å². The molecule has 1 aliphatic heterocycles. The van der Waals surface area contributed by atoms with Gasteiger partial charge in [0.05, 0.1) is 6.10 Å². The van der Waals surface area contributed by atoms with E-state index in [1.165, 1.54) is 0 Å². The minimum Gasteiger partial charge on any atom is -0.390 e. The highest BCUT2D eigenvalue weighted by Gasteiger charge is 2.61. The number of ketones is 1. The fourth-order valence-electron chi connectivity index (χ4n) is 3.41. The first-order valence-corrected chi connectivity index (χ1v) is 9.59. The van der Waals surface area contributed by atoms with E-state index < -0.39 is 8.56 Å². The molecule has 0 amide bonds. The Bertz CT molecular complexity index is 338. The van der Waals surface area contributed by atoms with Gasteiger partial charge in [-0.2, -0.15) is 0 Å². The topological polar surface area (TPSA) is 35.5 Å². The number of Topliss-reactive ketones (excluding diaryl/α,β-unsaturated/α-hetero) is 1. The molecule has 118 valence electrons. The zero-order valence-corrected chi connectivity index (χ0v) is 15.5. The third kappa shape index (κ3) is 3.52. The molecule has 0 N–H and O–H groups in total. The number of carbonyl (C=O) groups is 1. The quantitative estimate of drug-likeness (QED) is 0.715. The molecule has 0 saturated carbocycles. The minimum absolute atomic E-state index is 0.0197. The zero-order valence-electron chi connectivity index (χ0n) is 14.5. The van der Waals surface area contributed by atoms with Gasteiger partial charge in [-0.25, -0.2) is 0 Å². The number of carbonyl (C=O) groups excluding carboxylic acids is 1. The molecule has 2 atom stereocenters. The van der Waals surface area contributed by atoms with Crippen molar-refractivity contribution in [3.63, 3.8) is 0 Å². The second-order valence-corrected chi connectivity index (χ2v) is 12.9. The third-order valence-corrected chi connectivity index (χ3v) is 9.42. The highest BCUT2D eigenvalue weighted by molar-refractivity contribution is 6.73. The Labute approximate surface area is 125 Å². The molecule has 0 aromatic rings. The van der Waals surface area contributed by atoms with Gasteiger partial charge in [-0.1, -0.05) is 48.5 Å². The van der Waals surface area contributed by atoms with E-state index in [2.05, 4.69) is 48.5 Å². The number of rotatable bonds is 3. The summed E-state index contributed by atoms with van der Waals surface area (Å²) in [6.45, 7) is 17.1. The standard InChI is InChI=1S/C16H32O3Si/c1-9-13-11-14(10-12(2)17)19-20(18-13,15(3,4)5)16(6,7)8/h13-14H,9-11H2,1-8H3/t13-,14+/m1/s1. The van der Waals surface area contributed by atoms with Gasteiger partial charge in [0.25, 0.3) is 0 Å². The summed E-state index contributed by atoms with van der Waals surface area (Å²) in [6, 6.07) is 0. The number of hydrogen-bond acceptors (Lipinski definition) is 3. The normalized spacial score (nSPS) is 27.4. The van der Waals surface area contributed by atoms with Crippen LogP contribution in [0.15, 0.2) is 0 Å². The van der Waals surface area contributed by atoms with Crippen molar-refractivity contribution >= 4 is 14.3 Å². The second kappa shape index (κ2) is 5.89. The van der Waals surface area contributed by atoms with Crippen LogP contribution in [-0.2, 0) is 13.6 Å². The van der Waals surface area contributed by atoms with Crippen LogP contribution >= 0.6 is 0 Å². The molecule has 1 saturated heterocycles. The first kappa shape index (κ1) is 17.9. The van der Waals surface area contributed by atoms with Gasteiger partial charge < -0.3 is 8.85 Å². The molecule has 20 heavy (non-hydrogen) atoms. The van der Waals surface area contributed by atoms with Gasteiger partial charge >= 0.3 is 8.56 Å². The highest BCUT2D eigenvalue weighted by Crippen LogP contribution is 2.55. The van der Waals surface area contributed by atoms with Crippen LogP contribution in [-0.4, -0.2) is 26.6 Å². The summed E-state index contributed by atoms with van der Waals surface area (Å²) in [4.78, 5) is 11.5. The lowest BCUT2D eigenvalue weighted by Crippen LogP contribution is -2.63. The monoisotopic (exact) mass is 300 g/mol.